The minimum absolute atomic E-state index is 0.0405. The molecule has 7 heteroatoms. The number of sulfonamides is 1. The Morgan fingerprint density at radius 3 is 2.24 bits per heavy atom. The van der Waals surface area contributed by atoms with E-state index in [2.05, 4.69) is 26.1 Å². The fourth-order valence-corrected chi connectivity index (χ4v) is 9.30. The van der Waals surface area contributed by atoms with E-state index >= 15 is 0 Å². The van der Waals surface area contributed by atoms with Gasteiger partial charge < -0.3 is 10.4 Å². The van der Waals surface area contributed by atoms with Gasteiger partial charge in [-0.25, -0.2) is 8.42 Å². The number of rotatable bonds is 4. The molecule has 3 atom stereocenters. The van der Waals surface area contributed by atoms with Gasteiger partial charge in [-0.2, -0.15) is 4.31 Å². The highest BCUT2D eigenvalue weighted by atomic mass is 32.2. The molecular formula is C27H40N2O4S. The second kappa shape index (κ2) is 8.04. The largest absolute Gasteiger partial charge is 0.390 e. The van der Waals surface area contributed by atoms with Crippen LogP contribution in [-0.4, -0.2) is 47.5 Å². The summed E-state index contributed by atoms with van der Waals surface area (Å²) in [6.07, 6.45) is 6.63. The average molecular weight is 489 g/mol. The zero-order chi connectivity index (χ0) is 24.5. The molecule has 1 aromatic carbocycles. The van der Waals surface area contributed by atoms with Crippen LogP contribution in [0.4, 0.5) is 0 Å². The third kappa shape index (κ3) is 4.01. The molecule has 1 heterocycles. The highest BCUT2D eigenvalue weighted by Crippen LogP contribution is 2.55. The molecule has 4 bridgehead atoms. The Balaban J connectivity index is 1.38. The molecular weight excluding hydrogens is 448 g/mol. The van der Waals surface area contributed by atoms with Crippen molar-refractivity contribution in [2.24, 2.45) is 17.8 Å². The number of hydrogen-bond donors (Lipinski definition) is 2. The Hall–Kier alpha value is -1.44. The van der Waals surface area contributed by atoms with Gasteiger partial charge in [-0.05, 0) is 99.2 Å². The number of amides is 1. The van der Waals surface area contributed by atoms with Gasteiger partial charge in [-0.15, -0.1) is 0 Å². The molecule has 1 aromatic rings. The van der Waals surface area contributed by atoms with Crippen molar-refractivity contribution in [3.8, 4) is 0 Å². The molecule has 5 fully saturated rings. The van der Waals surface area contributed by atoms with Crippen molar-refractivity contribution in [3.05, 3.63) is 29.8 Å². The predicted octanol–water partition coefficient (Wildman–Crippen LogP) is 3.97. The second-order valence-electron chi connectivity index (χ2n) is 12.8. The molecule has 1 aliphatic heterocycles. The van der Waals surface area contributed by atoms with Crippen molar-refractivity contribution in [3.63, 3.8) is 0 Å². The molecule has 1 saturated heterocycles. The van der Waals surface area contributed by atoms with E-state index in [-0.39, 0.29) is 22.3 Å². The fourth-order valence-electron chi connectivity index (χ4n) is 7.49. The van der Waals surface area contributed by atoms with Crippen LogP contribution >= 0.6 is 0 Å². The number of carbonyl (C=O) groups excluding carboxylic acids is 1. The van der Waals surface area contributed by atoms with Gasteiger partial charge in [0.15, 0.2) is 0 Å². The van der Waals surface area contributed by atoms with Crippen LogP contribution in [0.1, 0.15) is 84.6 Å². The van der Waals surface area contributed by atoms with Crippen molar-refractivity contribution in [1.29, 1.82) is 0 Å². The van der Waals surface area contributed by atoms with Gasteiger partial charge in [-0.1, -0.05) is 32.9 Å². The van der Waals surface area contributed by atoms with Gasteiger partial charge >= 0.3 is 0 Å². The van der Waals surface area contributed by atoms with E-state index in [1.54, 1.807) is 19.1 Å². The molecule has 1 amide bonds. The van der Waals surface area contributed by atoms with Crippen LogP contribution in [0.5, 0.6) is 0 Å². The first-order valence-electron chi connectivity index (χ1n) is 13.0. The number of carbonyl (C=O) groups is 1. The maximum Gasteiger partial charge on any atom is 0.244 e. The van der Waals surface area contributed by atoms with Gasteiger partial charge in [0.1, 0.15) is 5.54 Å². The molecule has 5 aliphatic rings. The summed E-state index contributed by atoms with van der Waals surface area (Å²) < 4.78 is 29.0. The molecule has 0 radical (unpaired) electrons. The molecule has 4 saturated carbocycles. The average Bonchev–Trinajstić information content (AvgIpc) is 2.74. The molecule has 34 heavy (non-hydrogen) atoms. The summed E-state index contributed by atoms with van der Waals surface area (Å²) in [6, 6.07) is 7.17. The number of nitrogens with zero attached hydrogens (tertiary/aromatic N) is 1. The van der Waals surface area contributed by atoms with Crippen molar-refractivity contribution in [2.45, 2.75) is 107 Å². The maximum atomic E-state index is 13.8. The Kier molecular flexibility index (Phi) is 5.74. The van der Waals surface area contributed by atoms with Crippen molar-refractivity contribution < 1.29 is 18.3 Å². The summed E-state index contributed by atoms with van der Waals surface area (Å²) in [6.45, 7) is 8.46. The Labute approximate surface area is 204 Å². The summed E-state index contributed by atoms with van der Waals surface area (Å²) in [7, 11) is -3.82. The van der Waals surface area contributed by atoms with Crippen LogP contribution in [0.2, 0.25) is 0 Å². The summed E-state index contributed by atoms with van der Waals surface area (Å²) >= 11 is 0. The number of hydrogen-bond acceptors (Lipinski definition) is 4. The number of piperidine rings is 1. The zero-order valence-corrected chi connectivity index (χ0v) is 21.8. The lowest BCUT2D eigenvalue weighted by Crippen LogP contribution is -2.66. The SMILES string of the molecule is CC(C)(C)c1ccc(S(=O)(=O)N2CCCC[C@@]2(C)C(=O)NC2C3CC4CC2CC(O)(C4)C3)cc1. The molecule has 4 aliphatic carbocycles. The van der Waals surface area contributed by atoms with Crippen LogP contribution in [0, 0.1) is 17.8 Å². The first-order chi connectivity index (χ1) is 15.8. The molecule has 2 N–H and O–H groups in total. The normalized spacial score (nSPS) is 38.1. The second-order valence-corrected chi connectivity index (χ2v) is 14.6. The van der Waals surface area contributed by atoms with E-state index in [0.29, 0.717) is 30.7 Å². The van der Waals surface area contributed by atoms with Crippen molar-refractivity contribution in [2.75, 3.05) is 6.54 Å². The van der Waals surface area contributed by atoms with Crippen LogP contribution in [0.15, 0.2) is 29.2 Å². The Morgan fingerprint density at radius 1 is 1.06 bits per heavy atom. The van der Waals surface area contributed by atoms with Crippen LogP contribution in [0.25, 0.3) is 0 Å². The minimum atomic E-state index is -3.82. The Bertz CT molecular complexity index is 1050. The smallest absolute Gasteiger partial charge is 0.244 e. The van der Waals surface area contributed by atoms with Gasteiger partial charge in [0.25, 0.3) is 0 Å². The number of benzene rings is 1. The summed E-state index contributed by atoms with van der Waals surface area (Å²) in [5, 5.41) is 14.2. The molecule has 0 aromatic heterocycles. The van der Waals surface area contributed by atoms with E-state index in [9.17, 15) is 18.3 Å². The van der Waals surface area contributed by atoms with Crippen molar-refractivity contribution >= 4 is 15.9 Å². The Morgan fingerprint density at radius 2 is 1.68 bits per heavy atom. The lowest BCUT2D eigenvalue weighted by atomic mass is 9.52. The summed E-state index contributed by atoms with van der Waals surface area (Å²) in [5.74, 6) is 0.977. The summed E-state index contributed by atoms with van der Waals surface area (Å²) in [4.78, 5) is 14.0. The standard InChI is InChI=1S/C27H40N2O4S/c1-25(2,3)21-7-9-22(10-8-21)34(32,33)29-12-6-5-11-26(29,4)24(30)28-23-19-13-18-14-20(23)17-27(31,15-18)16-19/h7-10,18-20,23,31H,5-6,11-17H2,1-4H3,(H,28,30)/t18?,19?,20?,23?,26-,27?/m0/s1. The first-order valence-corrected chi connectivity index (χ1v) is 14.4. The minimum Gasteiger partial charge on any atom is -0.390 e. The van der Waals surface area contributed by atoms with Gasteiger partial charge in [0, 0.05) is 12.6 Å². The quantitative estimate of drug-likeness (QED) is 0.671. The first kappa shape index (κ1) is 24.3. The van der Waals surface area contributed by atoms with Crippen LogP contribution < -0.4 is 5.32 Å². The van der Waals surface area contributed by atoms with Gasteiger partial charge in [-0.3, -0.25) is 4.79 Å². The number of aliphatic hydroxyl groups is 1. The van der Waals surface area contributed by atoms with E-state index in [1.165, 1.54) is 4.31 Å². The highest BCUT2D eigenvalue weighted by molar-refractivity contribution is 7.89. The number of nitrogens with one attached hydrogen (secondary N) is 1. The zero-order valence-electron chi connectivity index (χ0n) is 21.0. The monoisotopic (exact) mass is 488 g/mol. The van der Waals surface area contributed by atoms with E-state index in [0.717, 1.165) is 50.5 Å². The topological polar surface area (TPSA) is 86.7 Å². The van der Waals surface area contributed by atoms with E-state index < -0.39 is 21.2 Å². The molecule has 188 valence electrons. The highest BCUT2D eigenvalue weighted by Gasteiger charge is 2.56. The van der Waals surface area contributed by atoms with Crippen LogP contribution in [-0.2, 0) is 20.2 Å². The van der Waals surface area contributed by atoms with Gasteiger partial charge in [0.05, 0.1) is 10.5 Å². The summed E-state index contributed by atoms with van der Waals surface area (Å²) in [5.41, 5.74) is -0.644. The van der Waals surface area contributed by atoms with E-state index in [1.807, 2.05) is 12.1 Å². The lowest BCUT2D eigenvalue weighted by molar-refractivity contribution is -0.151. The van der Waals surface area contributed by atoms with Crippen molar-refractivity contribution in [1.82, 2.24) is 9.62 Å². The third-order valence-corrected chi connectivity index (χ3v) is 11.2. The maximum absolute atomic E-state index is 13.8. The molecule has 6 nitrogen and oxygen atoms in total. The van der Waals surface area contributed by atoms with E-state index in [4.69, 9.17) is 0 Å². The molecule has 6 rings (SSSR count). The van der Waals surface area contributed by atoms with Crippen LogP contribution in [0.3, 0.4) is 0 Å². The predicted molar refractivity (Wildman–Crippen MR) is 132 cm³/mol. The molecule has 2 unspecified atom stereocenters. The third-order valence-electron chi connectivity index (χ3n) is 9.16. The molecule has 0 spiro atoms. The fraction of sp³-hybridized carbons (Fsp3) is 0.741. The van der Waals surface area contributed by atoms with Gasteiger partial charge in [0.2, 0.25) is 15.9 Å². The lowest BCUT2D eigenvalue weighted by Gasteiger charge is -2.58.